The van der Waals surface area contributed by atoms with Crippen LogP contribution in [0.2, 0.25) is 0 Å². The van der Waals surface area contributed by atoms with Crippen molar-refractivity contribution in [2.24, 2.45) is 0 Å². The normalized spacial score (nSPS) is 11.1. The molecule has 0 aliphatic heterocycles. The molecule has 0 spiro atoms. The van der Waals surface area contributed by atoms with Gasteiger partial charge in [0.25, 0.3) is 0 Å². The molecule has 0 heterocycles. The number of hydrogen-bond acceptors (Lipinski definition) is 1. The molecule has 0 fully saturated rings. The molecule has 1 heteroatoms. The van der Waals surface area contributed by atoms with E-state index in [0.717, 1.165) is 17.1 Å². The van der Waals surface area contributed by atoms with E-state index in [4.69, 9.17) is 0 Å². The van der Waals surface area contributed by atoms with Crippen LogP contribution in [0.5, 0.6) is 0 Å². The molecule has 0 bridgehead atoms. The third-order valence-corrected chi connectivity index (χ3v) is 9.84. The second kappa shape index (κ2) is 13.3. The number of anilines is 3. The summed E-state index contributed by atoms with van der Waals surface area (Å²) >= 11 is 0. The van der Waals surface area contributed by atoms with E-state index in [2.05, 4.69) is 217 Å². The smallest absolute Gasteiger partial charge is 0.0540 e. The molecule has 0 unspecified atom stereocenters. The number of benzene rings is 9. The van der Waals surface area contributed by atoms with Gasteiger partial charge in [-0.1, -0.05) is 170 Å². The monoisotopic (exact) mass is 649 g/mol. The van der Waals surface area contributed by atoms with Crippen LogP contribution in [-0.4, -0.2) is 0 Å². The van der Waals surface area contributed by atoms with Gasteiger partial charge >= 0.3 is 0 Å². The van der Waals surface area contributed by atoms with Gasteiger partial charge in [-0.2, -0.15) is 0 Å². The number of hydrogen-bond donors (Lipinski definition) is 0. The van der Waals surface area contributed by atoms with Crippen LogP contribution in [0, 0.1) is 0 Å². The molecular formula is C50H35N. The minimum atomic E-state index is 1.11. The van der Waals surface area contributed by atoms with Crippen molar-refractivity contribution in [2.45, 2.75) is 0 Å². The highest BCUT2D eigenvalue weighted by Crippen LogP contribution is 2.42. The maximum absolute atomic E-state index is 2.39. The van der Waals surface area contributed by atoms with Gasteiger partial charge in [0.15, 0.2) is 0 Å². The van der Waals surface area contributed by atoms with Crippen molar-refractivity contribution >= 4 is 38.6 Å². The lowest BCUT2D eigenvalue weighted by Gasteiger charge is -2.27. The molecule has 0 radical (unpaired) electrons. The fourth-order valence-electron chi connectivity index (χ4n) is 7.28. The highest BCUT2D eigenvalue weighted by molar-refractivity contribution is 5.99. The summed E-state index contributed by atoms with van der Waals surface area (Å²) in [6, 6.07) is 76.7. The minimum absolute atomic E-state index is 1.11. The molecular weight excluding hydrogens is 615 g/mol. The molecule has 0 aromatic heterocycles. The van der Waals surface area contributed by atoms with Crippen LogP contribution in [0.15, 0.2) is 212 Å². The summed E-state index contributed by atoms with van der Waals surface area (Å²) in [5.41, 5.74) is 13.0. The molecule has 240 valence electrons. The van der Waals surface area contributed by atoms with E-state index in [0.29, 0.717) is 0 Å². The van der Waals surface area contributed by atoms with Crippen LogP contribution in [0.1, 0.15) is 0 Å². The van der Waals surface area contributed by atoms with Crippen LogP contribution in [0.25, 0.3) is 66.1 Å². The minimum Gasteiger partial charge on any atom is -0.310 e. The van der Waals surface area contributed by atoms with Gasteiger partial charge in [0.05, 0.1) is 5.69 Å². The first-order valence-electron chi connectivity index (χ1n) is 17.5. The second-order valence-corrected chi connectivity index (χ2v) is 13.0. The highest BCUT2D eigenvalue weighted by atomic mass is 15.1. The Morgan fingerprint density at radius 3 is 1.59 bits per heavy atom. The van der Waals surface area contributed by atoms with Crippen molar-refractivity contribution in [3.8, 4) is 44.5 Å². The first-order valence-corrected chi connectivity index (χ1v) is 17.5. The van der Waals surface area contributed by atoms with Crippen LogP contribution in [-0.2, 0) is 0 Å². The third kappa shape index (κ3) is 5.96. The summed E-state index contributed by atoms with van der Waals surface area (Å²) in [5, 5.41) is 4.92. The maximum atomic E-state index is 2.39. The van der Waals surface area contributed by atoms with Crippen molar-refractivity contribution in [2.75, 3.05) is 4.90 Å². The Hall–Kier alpha value is -6.70. The quantitative estimate of drug-likeness (QED) is 0.166. The van der Waals surface area contributed by atoms with Crippen molar-refractivity contribution in [1.82, 2.24) is 0 Å². The van der Waals surface area contributed by atoms with Gasteiger partial charge in [0, 0.05) is 16.8 Å². The van der Waals surface area contributed by atoms with E-state index in [1.54, 1.807) is 0 Å². The lowest BCUT2D eigenvalue weighted by Crippen LogP contribution is -2.10. The highest BCUT2D eigenvalue weighted by Gasteiger charge is 2.17. The van der Waals surface area contributed by atoms with Crippen LogP contribution in [0.4, 0.5) is 17.1 Å². The van der Waals surface area contributed by atoms with E-state index in [-0.39, 0.29) is 0 Å². The SMILES string of the molecule is c1ccc(-c2ccc(-c3ccc(N(c4cccc(-c5ccc6ccccc6c5)c4)c4cccc5ccccc45)cc3)cc2-c2ccccc2)cc1. The Morgan fingerprint density at radius 2 is 0.804 bits per heavy atom. The molecule has 0 aliphatic rings. The fraction of sp³-hybridized carbons (Fsp3) is 0. The van der Waals surface area contributed by atoms with E-state index in [1.807, 2.05) is 0 Å². The van der Waals surface area contributed by atoms with Gasteiger partial charge in [0.2, 0.25) is 0 Å². The van der Waals surface area contributed by atoms with Crippen LogP contribution >= 0.6 is 0 Å². The summed E-state index contributed by atoms with van der Waals surface area (Å²) in [5.74, 6) is 0. The van der Waals surface area contributed by atoms with E-state index >= 15 is 0 Å². The van der Waals surface area contributed by atoms with Gasteiger partial charge in [-0.15, -0.1) is 0 Å². The van der Waals surface area contributed by atoms with Gasteiger partial charge in [-0.25, -0.2) is 0 Å². The molecule has 0 aliphatic carbocycles. The zero-order valence-corrected chi connectivity index (χ0v) is 28.2. The van der Waals surface area contributed by atoms with Gasteiger partial charge in [-0.05, 0) is 103 Å². The lowest BCUT2D eigenvalue weighted by atomic mass is 9.91. The zero-order chi connectivity index (χ0) is 34.0. The predicted octanol–water partition coefficient (Wildman–Crippen LogP) is 14.1. The summed E-state index contributed by atoms with van der Waals surface area (Å²) in [6.07, 6.45) is 0. The van der Waals surface area contributed by atoms with Crippen molar-refractivity contribution in [3.05, 3.63) is 212 Å². The molecule has 9 aromatic carbocycles. The largest absolute Gasteiger partial charge is 0.310 e. The summed E-state index contributed by atoms with van der Waals surface area (Å²) < 4.78 is 0. The molecule has 1 nitrogen and oxygen atoms in total. The van der Waals surface area contributed by atoms with Crippen molar-refractivity contribution in [3.63, 3.8) is 0 Å². The molecule has 51 heavy (non-hydrogen) atoms. The molecule has 0 amide bonds. The molecule has 0 N–H and O–H groups in total. The second-order valence-electron chi connectivity index (χ2n) is 13.0. The predicted molar refractivity (Wildman–Crippen MR) is 218 cm³/mol. The van der Waals surface area contributed by atoms with Crippen molar-refractivity contribution in [1.29, 1.82) is 0 Å². The summed E-state index contributed by atoms with van der Waals surface area (Å²) in [4.78, 5) is 2.39. The van der Waals surface area contributed by atoms with E-state index in [9.17, 15) is 0 Å². The van der Waals surface area contributed by atoms with Crippen LogP contribution < -0.4 is 4.90 Å². The topological polar surface area (TPSA) is 3.24 Å². The molecule has 0 saturated heterocycles. The fourth-order valence-corrected chi connectivity index (χ4v) is 7.28. The molecule has 0 atom stereocenters. The Kier molecular flexibility index (Phi) is 7.92. The molecule has 9 rings (SSSR count). The van der Waals surface area contributed by atoms with Crippen molar-refractivity contribution < 1.29 is 0 Å². The van der Waals surface area contributed by atoms with Crippen LogP contribution in [0.3, 0.4) is 0 Å². The Morgan fingerprint density at radius 1 is 0.255 bits per heavy atom. The average Bonchev–Trinajstić information content (AvgIpc) is 3.22. The summed E-state index contributed by atoms with van der Waals surface area (Å²) in [7, 11) is 0. The summed E-state index contributed by atoms with van der Waals surface area (Å²) in [6.45, 7) is 0. The van der Waals surface area contributed by atoms with Gasteiger partial charge in [0.1, 0.15) is 0 Å². The standard InChI is InChI=1S/C50H35N/c1-3-14-38(15-4-1)47-32-29-44(35-49(47)40-16-5-2-6-17-40)37-27-30-45(31-28-37)51(50-24-12-20-39-18-9-10-23-48(39)50)46-22-11-21-42(34-46)43-26-25-36-13-7-8-19-41(36)33-43/h1-35H. The average molecular weight is 650 g/mol. The maximum Gasteiger partial charge on any atom is 0.0540 e. The third-order valence-electron chi connectivity index (χ3n) is 9.84. The number of nitrogens with zero attached hydrogens (tertiary/aromatic N) is 1. The Bertz CT molecular complexity index is 2620. The number of rotatable bonds is 7. The zero-order valence-electron chi connectivity index (χ0n) is 28.2. The first kappa shape index (κ1) is 30.4. The van der Waals surface area contributed by atoms with E-state index < -0.39 is 0 Å². The van der Waals surface area contributed by atoms with Gasteiger partial charge in [-0.3, -0.25) is 0 Å². The first-order chi connectivity index (χ1) is 25.3. The Labute approximate surface area is 299 Å². The number of fused-ring (bicyclic) bond motifs is 2. The van der Waals surface area contributed by atoms with E-state index in [1.165, 1.54) is 66.1 Å². The molecule has 9 aromatic rings. The molecule has 0 saturated carbocycles. The van der Waals surface area contributed by atoms with Gasteiger partial charge < -0.3 is 4.90 Å². The lowest BCUT2D eigenvalue weighted by molar-refractivity contribution is 1.30. The Balaban J connectivity index is 1.15.